The second-order valence-corrected chi connectivity index (χ2v) is 5.97. The average Bonchev–Trinajstić information content (AvgIpc) is 2.41. The summed E-state index contributed by atoms with van der Waals surface area (Å²) < 4.78 is 23.6. The Morgan fingerprint density at radius 3 is 2.79 bits per heavy atom. The van der Waals surface area contributed by atoms with E-state index >= 15 is 0 Å². The van der Waals surface area contributed by atoms with Gasteiger partial charge in [0, 0.05) is 6.26 Å². The van der Waals surface area contributed by atoms with E-state index in [1.54, 1.807) is 12.1 Å². The van der Waals surface area contributed by atoms with Crippen LogP contribution in [0.15, 0.2) is 23.1 Å². The van der Waals surface area contributed by atoms with Crippen LogP contribution in [0.3, 0.4) is 0 Å². The summed E-state index contributed by atoms with van der Waals surface area (Å²) in [6, 6.07) is 5.03. The molecule has 0 amide bonds. The van der Waals surface area contributed by atoms with Crippen molar-refractivity contribution in [2.24, 2.45) is 0 Å². The number of para-hydroxylation sites is 1. The Balaban J connectivity index is 2.90. The minimum Gasteiger partial charge on any atom is -0.375 e. The Hall–Kier alpha value is -1.14. The highest BCUT2D eigenvalue weighted by molar-refractivity contribution is 7.91. The van der Waals surface area contributed by atoms with Gasteiger partial charge < -0.3 is 5.73 Å². The average molecular weight is 228 g/mol. The van der Waals surface area contributed by atoms with Gasteiger partial charge in [-0.25, -0.2) is 13.4 Å². The Morgan fingerprint density at radius 1 is 1.43 bits per heavy atom. The number of nitrogens with two attached hydrogens (primary N) is 1. The van der Waals surface area contributed by atoms with Gasteiger partial charge in [0.2, 0.25) is 0 Å². The number of nitrogen functional groups attached to an aromatic ring is 1. The number of hydrogen-bond donors (Lipinski definition) is 1. The third-order valence-corrected chi connectivity index (χ3v) is 3.78. The lowest BCUT2D eigenvalue weighted by Crippen LogP contribution is -1.97. The number of hydrogen-bond acceptors (Lipinski definition) is 5. The van der Waals surface area contributed by atoms with Crippen molar-refractivity contribution in [2.45, 2.75) is 4.90 Å². The van der Waals surface area contributed by atoms with E-state index in [0.717, 1.165) is 11.0 Å². The minimum absolute atomic E-state index is 0.239. The van der Waals surface area contributed by atoms with Crippen LogP contribution in [-0.2, 0) is 9.84 Å². The van der Waals surface area contributed by atoms with E-state index in [0.29, 0.717) is 10.6 Å². The molecule has 14 heavy (non-hydrogen) atoms. The molecule has 0 radical (unpaired) electrons. The molecule has 0 fully saturated rings. The van der Waals surface area contributed by atoms with Crippen LogP contribution in [0.4, 0.5) is 5.13 Å². The Morgan fingerprint density at radius 2 is 2.14 bits per heavy atom. The number of sulfone groups is 1. The highest BCUT2D eigenvalue weighted by atomic mass is 32.2. The number of nitrogens with zero attached hydrogens (tertiary/aromatic N) is 1. The molecule has 0 aliphatic carbocycles. The van der Waals surface area contributed by atoms with Gasteiger partial charge >= 0.3 is 0 Å². The standard InChI is InChI=1S/C8H8N2O2S2/c1-14(11,12)6-4-2-3-5-7(6)10-8(9)13-5/h2-4H,1H3,(H2,9,10). The van der Waals surface area contributed by atoms with Crippen LogP contribution < -0.4 is 5.73 Å². The molecule has 0 saturated heterocycles. The van der Waals surface area contributed by atoms with Crippen LogP contribution in [0.25, 0.3) is 10.2 Å². The van der Waals surface area contributed by atoms with Crippen molar-refractivity contribution in [1.82, 2.24) is 4.98 Å². The minimum atomic E-state index is -3.23. The lowest BCUT2D eigenvalue weighted by atomic mass is 10.3. The highest BCUT2D eigenvalue weighted by Gasteiger charge is 2.14. The fourth-order valence-corrected chi connectivity index (χ4v) is 2.90. The molecule has 1 aromatic heterocycles. The number of benzene rings is 1. The van der Waals surface area contributed by atoms with E-state index in [2.05, 4.69) is 4.98 Å². The first kappa shape index (κ1) is 9.42. The number of fused-ring (bicyclic) bond motifs is 1. The van der Waals surface area contributed by atoms with Crippen LogP contribution in [0.5, 0.6) is 0 Å². The third kappa shape index (κ3) is 1.46. The van der Waals surface area contributed by atoms with Crippen molar-refractivity contribution < 1.29 is 8.42 Å². The summed E-state index contributed by atoms with van der Waals surface area (Å²) in [5.74, 6) is 0. The number of rotatable bonds is 1. The zero-order valence-electron chi connectivity index (χ0n) is 7.39. The molecule has 1 heterocycles. The van der Waals surface area contributed by atoms with E-state index < -0.39 is 9.84 Å². The lowest BCUT2D eigenvalue weighted by Gasteiger charge is -1.97. The fraction of sp³-hybridized carbons (Fsp3) is 0.125. The van der Waals surface area contributed by atoms with Gasteiger partial charge in [-0.3, -0.25) is 0 Å². The maximum absolute atomic E-state index is 11.4. The molecule has 2 N–H and O–H groups in total. The number of thiazole rings is 1. The van der Waals surface area contributed by atoms with Gasteiger partial charge in [-0.2, -0.15) is 0 Å². The molecule has 0 spiro atoms. The van der Waals surface area contributed by atoms with Gasteiger partial charge in [0.15, 0.2) is 15.0 Å². The van der Waals surface area contributed by atoms with Crippen LogP contribution in [0.2, 0.25) is 0 Å². The second-order valence-electron chi connectivity index (χ2n) is 2.93. The predicted octanol–water partition coefficient (Wildman–Crippen LogP) is 1.28. The molecular formula is C8H8N2O2S2. The van der Waals surface area contributed by atoms with E-state index in [-0.39, 0.29) is 4.90 Å². The molecule has 2 rings (SSSR count). The Labute approximate surface area is 85.3 Å². The van der Waals surface area contributed by atoms with Gasteiger partial charge in [-0.1, -0.05) is 17.4 Å². The summed E-state index contributed by atoms with van der Waals surface area (Å²) in [5.41, 5.74) is 5.99. The summed E-state index contributed by atoms with van der Waals surface area (Å²) in [5, 5.41) is 0.385. The van der Waals surface area contributed by atoms with Gasteiger partial charge in [-0.05, 0) is 12.1 Å². The summed E-state index contributed by atoms with van der Waals surface area (Å²) in [6.45, 7) is 0. The zero-order chi connectivity index (χ0) is 10.3. The van der Waals surface area contributed by atoms with Crippen LogP contribution in [-0.4, -0.2) is 19.7 Å². The lowest BCUT2D eigenvalue weighted by molar-refractivity contribution is 0.602. The largest absolute Gasteiger partial charge is 0.375 e. The molecule has 2 aromatic rings. The molecule has 4 nitrogen and oxygen atoms in total. The number of anilines is 1. The molecule has 0 unspecified atom stereocenters. The normalized spacial score (nSPS) is 12.1. The van der Waals surface area contributed by atoms with Gasteiger partial charge in [-0.15, -0.1) is 0 Å². The molecule has 74 valence electrons. The van der Waals surface area contributed by atoms with E-state index in [4.69, 9.17) is 5.73 Å². The SMILES string of the molecule is CS(=O)(=O)c1cccc2sc(N)nc12. The van der Waals surface area contributed by atoms with E-state index in [9.17, 15) is 8.42 Å². The summed E-state index contributed by atoms with van der Waals surface area (Å²) in [7, 11) is -3.23. The first-order valence-electron chi connectivity index (χ1n) is 3.83. The van der Waals surface area contributed by atoms with Crippen LogP contribution >= 0.6 is 11.3 Å². The van der Waals surface area contributed by atoms with Crippen LogP contribution in [0, 0.1) is 0 Å². The quantitative estimate of drug-likeness (QED) is 0.798. The smallest absolute Gasteiger partial charge is 0.181 e. The molecule has 0 atom stereocenters. The van der Waals surface area contributed by atoms with Crippen molar-refractivity contribution in [3.05, 3.63) is 18.2 Å². The molecular weight excluding hydrogens is 220 g/mol. The molecule has 0 saturated carbocycles. The Kier molecular flexibility index (Phi) is 1.97. The van der Waals surface area contributed by atoms with Crippen molar-refractivity contribution >= 4 is 36.5 Å². The van der Waals surface area contributed by atoms with Crippen molar-refractivity contribution in [1.29, 1.82) is 0 Å². The molecule has 6 heteroatoms. The molecule has 0 aliphatic rings. The second kappa shape index (κ2) is 2.93. The van der Waals surface area contributed by atoms with Crippen molar-refractivity contribution in [3.8, 4) is 0 Å². The van der Waals surface area contributed by atoms with Gasteiger partial charge in [0.1, 0.15) is 5.52 Å². The highest BCUT2D eigenvalue weighted by Crippen LogP contribution is 2.28. The molecule has 0 aliphatic heterocycles. The van der Waals surface area contributed by atoms with Gasteiger partial charge in [0.05, 0.1) is 9.60 Å². The maximum atomic E-state index is 11.4. The first-order chi connectivity index (χ1) is 6.48. The molecule has 0 bridgehead atoms. The maximum Gasteiger partial charge on any atom is 0.181 e. The topological polar surface area (TPSA) is 73.0 Å². The monoisotopic (exact) mass is 228 g/mol. The van der Waals surface area contributed by atoms with Gasteiger partial charge in [0.25, 0.3) is 0 Å². The molecule has 1 aromatic carbocycles. The predicted molar refractivity (Wildman–Crippen MR) is 57.1 cm³/mol. The Bertz CT molecular complexity index is 586. The summed E-state index contributed by atoms with van der Waals surface area (Å²) in [6.07, 6.45) is 1.16. The summed E-state index contributed by atoms with van der Waals surface area (Å²) in [4.78, 5) is 4.24. The van der Waals surface area contributed by atoms with E-state index in [1.807, 2.05) is 0 Å². The van der Waals surface area contributed by atoms with Crippen molar-refractivity contribution in [2.75, 3.05) is 12.0 Å². The van der Waals surface area contributed by atoms with Crippen molar-refractivity contribution in [3.63, 3.8) is 0 Å². The first-order valence-corrected chi connectivity index (χ1v) is 6.54. The summed E-state index contributed by atoms with van der Waals surface area (Å²) >= 11 is 1.28. The van der Waals surface area contributed by atoms with E-state index in [1.165, 1.54) is 17.4 Å². The van der Waals surface area contributed by atoms with Crippen LogP contribution in [0.1, 0.15) is 0 Å². The number of aromatic nitrogens is 1. The zero-order valence-corrected chi connectivity index (χ0v) is 9.02. The fourth-order valence-electron chi connectivity index (χ4n) is 1.24. The third-order valence-electron chi connectivity index (χ3n) is 1.80.